The number of benzene rings is 2. The predicted octanol–water partition coefficient (Wildman–Crippen LogP) is 5.35. The second kappa shape index (κ2) is 11.1. The average molecular weight is 546 g/mol. The van der Waals surface area contributed by atoms with Crippen LogP contribution in [-0.2, 0) is 20.5 Å². The fraction of sp³-hybridized carbons (Fsp3) is 0.276. The molecular weight excluding hydrogens is 514 g/mol. The second-order valence-corrected chi connectivity index (χ2v) is 14.3. The van der Waals surface area contributed by atoms with Gasteiger partial charge in [-0.05, 0) is 15.4 Å². The summed E-state index contributed by atoms with van der Waals surface area (Å²) in [6, 6.07) is 20.9. The van der Waals surface area contributed by atoms with Crippen molar-refractivity contribution in [1.82, 2.24) is 15.0 Å². The van der Waals surface area contributed by atoms with Gasteiger partial charge in [0.05, 0.1) is 0 Å². The molecule has 0 fully saturated rings. The summed E-state index contributed by atoms with van der Waals surface area (Å²) >= 11 is 0. The van der Waals surface area contributed by atoms with E-state index in [0.29, 0.717) is 23.0 Å². The summed E-state index contributed by atoms with van der Waals surface area (Å²) in [6.07, 6.45) is 3.78. The van der Waals surface area contributed by atoms with Crippen molar-refractivity contribution in [2.45, 2.75) is 38.7 Å². The normalized spacial score (nSPS) is 12.4. The van der Waals surface area contributed by atoms with Crippen molar-refractivity contribution in [3.8, 4) is 23.2 Å². The highest BCUT2D eigenvalue weighted by Gasteiger charge is 2.50. The van der Waals surface area contributed by atoms with Crippen molar-refractivity contribution in [3.63, 3.8) is 0 Å². The summed E-state index contributed by atoms with van der Waals surface area (Å²) in [5.41, 5.74) is 1.35. The van der Waals surface area contributed by atoms with Gasteiger partial charge < -0.3 is 27.2 Å². The number of hydrogen-bond donors (Lipinski definition) is 0. The molecule has 0 saturated carbocycles. The van der Waals surface area contributed by atoms with E-state index in [1.54, 1.807) is 0 Å². The summed E-state index contributed by atoms with van der Waals surface area (Å²) < 4.78 is 34.3. The molecule has 9 nitrogen and oxygen atoms in total. The molecule has 0 amide bonds. The van der Waals surface area contributed by atoms with Crippen molar-refractivity contribution >= 4 is 18.7 Å². The number of rotatable bonds is 10. The van der Waals surface area contributed by atoms with Crippen molar-refractivity contribution < 1.29 is 27.2 Å². The molecule has 5 rings (SSSR count). The maximum absolute atomic E-state index is 6.91. The average Bonchev–Trinajstić information content (AvgIpc) is 3.71. The Bertz CT molecular complexity index is 1450. The van der Waals surface area contributed by atoms with Crippen LogP contribution in [0.3, 0.4) is 0 Å². The number of hydrogen-bond acceptors (Lipinski definition) is 9. The van der Waals surface area contributed by atoms with Gasteiger partial charge in [-0.3, -0.25) is 0 Å². The summed E-state index contributed by atoms with van der Waals surface area (Å²) in [6.45, 7) is 6.87. The highest BCUT2D eigenvalue weighted by Crippen LogP contribution is 2.37. The zero-order valence-corrected chi connectivity index (χ0v) is 23.6. The molecule has 0 aliphatic rings. The van der Waals surface area contributed by atoms with Gasteiger partial charge in [-0.1, -0.05) is 81.4 Å². The van der Waals surface area contributed by atoms with E-state index in [4.69, 9.17) is 27.2 Å². The van der Waals surface area contributed by atoms with Crippen LogP contribution >= 0.6 is 0 Å². The Labute approximate surface area is 227 Å². The minimum absolute atomic E-state index is 0.165. The van der Waals surface area contributed by atoms with Crippen molar-refractivity contribution in [2.24, 2.45) is 0 Å². The van der Waals surface area contributed by atoms with Gasteiger partial charge in [0.2, 0.25) is 24.0 Å². The van der Waals surface area contributed by atoms with E-state index in [1.165, 1.54) is 43.4 Å². The van der Waals surface area contributed by atoms with Crippen molar-refractivity contribution in [1.29, 1.82) is 0 Å². The number of aromatic nitrogens is 3. The van der Waals surface area contributed by atoms with Crippen molar-refractivity contribution in [2.75, 3.05) is 14.2 Å². The molecule has 10 heteroatoms. The first-order valence-corrected chi connectivity index (χ1v) is 14.4. The standard InChI is InChI=1S/C29H31N3O6Si/c1-29(2,3)39(20-12-8-6-9-13-20,21-14-10-7-11-15-21)38-19-25-30-22(16-35-25)26-31-23(17-36-26)27-32-24(18-37-27)28(33-4)34-5/h6-18,28H,19H2,1-5H3. The van der Waals surface area contributed by atoms with Crippen molar-refractivity contribution in [3.05, 3.63) is 91.0 Å². The highest BCUT2D eigenvalue weighted by molar-refractivity contribution is 6.99. The third-order valence-corrected chi connectivity index (χ3v) is 11.5. The van der Waals surface area contributed by atoms with E-state index in [9.17, 15) is 0 Å². The molecule has 0 saturated heterocycles. The maximum atomic E-state index is 6.91. The lowest BCUT2D eigenvalue weighted by Crippen LogP contribution is -2.66. The van der Waals surface area contributed by atoms with E-state index < -0.39 is 14.6 Å². The van der Waals surface area contributed by atoms with E-state index in [0.717, 1.165) is 0 Å². The molecule has 202 valence electrons. The van der Waals surface area contributed by atoms with Crippen LogP contribution in [0.25, 0.3) is 23.2 Å². The zero-order valence-electron chi connectivity index (χ0n) is 22.6. The molecule has 0 bridgehead atoms. The first kappa shape index (κ1) is 26.8. The summed E-state index contributed by atoms with van der Waals surface area (Å²) in [7, 11) is 0.312. The van der Waals surface area contributed by atoms with Gasteiger partial charge in [0, 0.05) is 14.2 Å². The first-order valence-electron chi connectivity index (χ1n) is 12.5. The van der Waals surface area contributed by atoms with Gasteiger partial charge in [0.1, 0.15) is 31.1 Å². The Hall–Kier alpha value is -3.83. The first-order chi connectivity index (χ1) is 18.9. The topological polar surface area (TPSA) is 106 Å². The number of oxazole rings is 3. The molecule has 0 radical (unpaired) electrons. The number of ether oxygens (including phenoxy) is 2. The van der Waals surface area contributed by atoms with Crippen LogP contribution in [0.15, 0.2) is 92.7 Å². The molecule has 2 aromatic carbocycles. The molecule has 0 unspecified atom stereocenters. The summed E-state index contributed by atoms with van der Waals surface area (Å²) in [5, 5.41) is 2.20. The molecule has 0 atom stereocenters. The van der Waals surface area contributed by atoms with Gasteiger partial charge in [0.15, 0.2) is 11.4 Å². The largest absolute Gasteiger partial charge is 0.446 e. The molecule has 0 aliphatic carbocycles. The van der Waals surface area contributed by atoms with Crippen LogP contribution in [0.1, 0.15) is 38.6 Å². The lowest BCUT2D eigenvalue weighted by Gasteiger charge is -2.42. The minimum Gasteiger partial charge on any atom is -0.446 e. The quantitative estimate of drug-likeness (QED) is 0.169. The second-order valence-electron chi connectivity index (χ2n) is 10.00. The molecule has 3 heterocycles. The summed E-state index contributed by atoms with van der Waals surface area (Å²) in [5.74, 6) is 0.984. The Morgan fingerprint density at radius 2 is 1.26 bits per heavy atom. The van der Waals surface area contributed by atoms with Gasteiger partial charge >= 0.3 is 0 Å². The maximum Gasteiger partial charge on any atom is 0.261 e. The molecule has 0 spiro atoms. The van der Waals surface area contributed by atoms with Crippen LogP contribution < -0.4 is 10.4 Å². The number of methoxy groups -OCH3 is 2. The molecule has 39 heavy (non-hydrogen) atoms. The van der Waals surface area contributed by atoms with Crippen LogP contribution in [0.2, 0.25) is 5.04 Å². The Morgan fingerprint density at radius 3 is 1.85 bits per heavy atom. The van der Waals surface area contributed by atoms with E-state index >= 15 is 0 Å². The fourth-order valence-corrected chi connectivity index (χ4v) is 9.24. The molecule has 0 N–H and O–H groups in total. The Morgan fingerprint density at radius 1 is 0.718 bits per heavy atom. The summed E-state index contributed by atoms with van der Waals surface area (Å²) in [4.78, 5) is 13.4. The third-order valence-electron chi connectivity index (χ3n) is 6.51. The van der Waals surface area contributed by atoms with Crippen LogP contribution in [-0.4, -0.2) is 37.5 Å². The molecular formula is C29H31N3O6Si. The third kappa shape index (κ3) is 5.24. The number of nitrogens with zero attached hydrogens (tertiary/aromatic N) is 3. The SMILES string of the molecule is COC(OC)c1coc(-c2coc(-c3coc(CO[Si](c4ccccc4)(c4ccccc4)C(C)(C)C)n3)n2)n1. The van der Waals surface area contributed by atoms with Gasteiger partial charge in [-0.15, -0.1) is 0 Å². The molecule has 5 aromatic rings. The highest BCUT2D eigenvalue weighted by atomic mass is 28.4. The minimum atomic E-state index is -2.74. The smallest absolute Gasteiger partial charge is 0.261 e. The lowest BCUT2D eigenvalue weighted by molar-refractivity contribution is -0.108. The van der Waals surface area contributed by atoms with Crippen LogP contribution in [0, 0.1) is 0 Å². The molecule has 0 aliphatic heterocycles. The lowest BCUT2D eigenvalue weighted by atomic mass is 10.2. The monoisotopic (exact) mass is 545 g/mol. The molecule has 3 aromatic heterocycles. The van der Waals surface area contributed by atoms with E-state index in [1.807, 2.05) is 12.1 Å². The zero-order chi connectivity index (χ0) is 27.5. The van der Waals surface area contributed by atoms with Gasteiger partial charge in [-0.2, -0.15) is 0 Å². The van der Waals surface area contributed by atoms with Crippen LogP contribution in [0.5, 0.6) is 0 Å². The Balaban J connectivity index is 1.40. The van der Waals surface area contributed by atoms with Crippen LogP contribution in [0.4, 0.5) is 0 Å². The predicted molar refractivity (Wildman–Crippen MR) is 147 cm³/mol. The Kier molecular flexibility index (Phi) is 7.62. The fourth-order valence-electron chi connectivity index (χ4n) is 4.75. The van der Waals surface area contributed by atoms with Gasteiger partial charge in [0.25, 0.3) is 8.32 Å². The van der Waals surface area contributed by atoms with E-state index in [-0.39, 0.29) is 23.4 Å². The van der Waals surface area contributed by atoms with Gasteiger partial charge in [-0.25, -0.2) is 15.0 Å². The van der Waals surface area contributed by atoms with E-state index in [2.05, 4.69) is 84.3 Å².